The highest BCUT2D eigenvalue weighted by Gasteiger charge is 2.12. The molecule has 2 heterocycles. The minimum atomic E-state index is -0.908. The molecule has 0 fully saturated rings. The van der Waals surface area contributed by atoms with E-state index in [4.69, 9.17) is 21.0 Å². The van der Waals surface area contributed by atoms with Gasteiger partial charge < -0.3 is 21.0 Å². The van der Waals surface area contributed by atoms with E-state index in [0.717, 1.165) is 42.2 Å². The Hall–Kier alpha value is -3.09. The van der Waals surface area contributed by atoms with E-state index < -0.39 is 5.97 Å². The van der Waals surface area contributed by atoms with Crippen molar-refractivity contribution in [2.75, 3.05) is 11.5 Å². The maximum atomic E-state index is 10.8. The van der Waals surface area contributed by atoms with Crippen LogP contribution >= 0.6 is 0 Å². The summed E-state index contributed by atoms with van der Waals surface area (Å²) in [6.07, 6.45) is 5.25. The van der Waals surface area contributed by atoms with Crippen LogP contribution in [0.3, 0.4) is 0 Å². The Kier molecular flexibility index (Phi) is 4.33. The lowest BCUT2D eigenvalue weighted by atomic mass is 10.0. The average molecular weight is 326 g/mol. The van der Waals surface area contributed by atoms with Gasteiger partial charge in [0.1, 0.15) is 5.82 Å². The summed E-state index contributed by atoms with van der Waals surface area (Å²) in [6.45, 7) is 0. The predicted molar refractivity (Wildman–Crippen MR) is 90.7 cm³/mol. The van der Waals surface area contributed by atoms with Crippen molar-refractivity contribution in [3.05, 3.63) is 47.2 Å². The first kappa shape index (κ1) is 15.8. The van der Waals surface area contributed by atoms with Gasteiger partial charge in [-0.15, -0.1) is 0 Å². The monoisotopic (exact) mass is 326 g/mol. The van der Waals surface area contributed by atoms with Crippen LogP contribution in [0.25, 0.3) is 11.1 Å². The third-order valence-electron chi connectivity index (χ3n) is 3.92. The van der Waals surface area contributed by atoms with Crippen LogP contribution in [0, 0.1) is 0 Å². The zero-order chi connectivity index (χ0) is 17.1. The molecule has 0 amide bonds. The second-order valence-electron chi connectivity index (χ2n) is 5.62. The van der Waals surface area contributed by atoms with E-state index in [9.17, 15) is 4.79 Å². The van der Waals surface area contributed by atoms with E-state index in [1.54, 1.807) is 18.4 Å². The van der Waals surface area contributed by atoms with Crippen molar-refractivity contribution in [2.45, 2.75) is 25.7 Å². The third kappa shape index (κ3) is 3.29. The number of hydrogen-bond donors (Lipinski definition) is 3. The molecule has 7 nitrogen and oxygen atoms in total. The van der Waals surface area contributed by atoms with Crippen molar-refractivity contribution in [1.82, 2.24) is 9.97 Å². The van der Waals surface area contributed by atoms with Gasteiger partial charge >= 0.3 is 5.97 Å². The van der Waals surface area contributed by atoms with Gasteiger partial charge in [-0.3, -0.25) is 0 Å². The summed E-state index contributed by atoms with van der Waals surface area (Å²) in [5.74, 6) is -0.468. The molecule has 7 heteroatoms. The van der Waals surface area contributed by atoms with Crippen LogP contribution in [0.4, 0.5) is 11.8 Å². The zero-order valence-corrected chi connectivity index (χ0v) is 13.0. The molecule has 3 aromatic rings. The molecule has 0 aliphatic heterocycles. The number of unbranched alkanes of at least 4 members (excludes halogenated alkanes) is 1. The normalized spacial score (nSPS) is 11.0. The third-order valence-corrected chi connectivity index (χ3v) is 3.92. The summed E-state index contributed by atoms with van der Waals surface area (Å²) in [7, 11) is 0. The SMILES string of the molecule is Nc1nc(N)c2c(CCCCc3ccc(C(=O)O)cc3)coc2n1. The Morgan fingerprint density at radius 3 is 2.50 bits per heavy atom. The van der Waals surface area contributed by atoms with E-state index >= 15 is 0 Å². The smallest absolute Gasteiger partial charge is 0.335 e. The second kappa shape index (κ2) is 6.57. The molecular weight excluding hydrogens is 308 g/mol. The minimum Gasteiger partial charge on any atom is -0.478 e. The van der Waals surface area contributed by atoms with Crippen LogP contribution in [-0.4, -0.2) is 21.0 Å². The predicted octanol–water partition coefficient (Wildman–Crippen LogP) is 2.65. The molecule has 2 aromatic heterocycles. The van der Waals surface area contributed by atoms with E-state index in [0.29, 0.717) is 17.1 Å². The van der Waals surface area contributed by atoms with Crippen molar-refractivity contribution >= 4 is 28.8 Å². The number of aromatic carboxylic acids is 1. The number of nitrogens with two attached hydrogens (primary N) is 2. The van der Waals surface area contributed by atoms with Crippen molar-refractivity contribution in [3.8, 4) is 0 Å². The van der Waals surface area contributed by atoms with Crippen LogP contribution in [0.15, 0.2) is 34.9 Å². The van der Waals surface area contributed by atoms with Gasteiger partial charge in [0.05, 0.1) is 17.2 Å². The summed E-state index contributed by atoms with van der Waals surface area (Å²) < 4.78 is 5.39. The number of rotatable bonds is 6. The fourth-order valence-electron chi connectivity index (χ4n) is 2.69. The summed E-state index contributed by atoms with van der Waals surface area (Å²) in [5.41, 5.74) is 14.3. The largest absolute Gasteiger partial charge is 0.478 e. The molecule has 0 aliphatic carbocycles. The zero-order valence-electron chi connectivity index (χ0n) is 13.0. The van der Waals surface area contributed by atoms with Gasteiger partial charge in [0, 0.05) is 5.56 Å². The van der Waals surface area contributed by atoms with Gasteiger partial charge in [-0.1, -0.05) is 12.1 Å². The molecule has 0 saturated heterocycles. The molecule has 0 unspecified atom stereocenters. The summed E-state index contributed by atoms with van der Waals surface area (Å²) in [5, 5.41) is 9.62. The number of nitrogen functional groups attached to an aromatic ring is 2. The van der Waals surface area contributed by atoms with Gasteiger partial charge in [0.2, 0.25) is 11.7 Å². The Bertz CT molecular complexity index is 871. The number of hydrogen-bond acceptors (Lipinski definition) is 6. The summed E-state index contributed by atoms with van der Waals surface area (Å²) in [6, 6.07) is 6.96. The number of benzene rings is 1. The molecule has 124 valence electrons. The van der Waals surface area contributed by atoms with Crippen molar-refractivity contribution in [2.24, 2.45) is 0 Å². The van der Waals surface area contributed by atoms with Crippen LogP contribution in [0.5, 0.6) is 0 Å². The number of aryl methyl sites for hydroxylation is 2. The molecule has 1 aromatic carbocycles. The maximum Gasteiger partial charge on any atom is 0.335 e. The molecule has 0 saturated carbocycles. The summed E-state index contributed by atoms with van der Waals surface area (Å²) in [4.78, 5) is 18.8. The minimum absolute atomic E-state index is 0.103. The van der Waals surface area contributed by atoms with Crippen LogP contribution < -0.4 is 11.5 Å². The van der Waals surface area contributed by atoms with E-state index in [1.807, 2.05) is 12.1 Å². The second-order valence-corrected chi connectivity index (χ2v) is 5.62. The molecule has 0 spiro atoms. The van der Waals surface area contributed by atoms with Crippen LogP contribution in [0.1, 0.15) is 34.3 Å². The molecule has 5 N–H and O–H groups in total. The quantitative estimate of drug-likeness (QED) is 0.594. The molecule has 3 rings (SSSR count). The van der Waals surface area contributed by atoms with Gasteiger partial charge in [0.25, 0.3) is 0 Å². The molecule has 0 radical (unpaired) electrons. The Labute approximate surface area is 138 Å². The lowest BCUT2D eigenvalue weighted by molar-refractivity contribution is 0.0697. The number of fused-ring (bicyclic) bond motifs is 1. The molecule has 0 atom stereocenters. The first-order valence-corrected chi connectivity index (χ1v) is 7.66. The molecule has 0 aliphatic rings. The lowest BCUT2D eigenvalue weighted by Gasteiger charge is -2.03. The van der Waals surface area contributed by atoms with Crippen LogP contribution in [0.2, 0.25) is 0 Å². The number of aromatic nitrogens is 2. The number of furan rings is 1. The Morgan fingerprint density at radius 1 is 1.08 bits per heavy atom. The highest BCUT2D eigenvalue weighted by molar-refractivity contribution is 5.88. The number of carbonyl (C=O) groups is 1. The lowest BCUT2D eigenvalue weighted by Crippen LogP contribution is -2.00. The van der Waals surface area contributed by atoms with E-state index in [-0.39, 0.29) is 5.95 Å². The first-order chi connectivity index (χ1) is 11.5. The maximum absolute atomic E-state index is 10.8. The van der Waals surface area contributed by atoms with Gasteiger partial charge in [-0.05, 0) is 43.4 Å². The van der Waals surface area contributed by atoms with Crippen molar-refractivity contribution in [3.63, 3.8) is 0 Å². The standard InChI is InChI=1S/C17H18N4O3/c18-14-13-12(9-24-15(13)21-17(19)20-14)4-2-1-3-10-5-7-11(8-6-10)16(22)23/h5-9H,1-4H2,(H,22,23)(H4,18,19,20,21). The summed E-state index contributed by atoms with van der Waals surface area (Å²) >= 11 is 0. The van der Waals surface area contributed by atoms with E-state index in [2.05, 4.69) is 9.97 Å². The van der Waals surface area contributed by atoms with Crippen molar-refractivity contribution < 1.29 is 14.3 Å². The van der Waals surface area contributed by atoms with Gasteiger partial charge in [-0.25, -0.2) is 4.79 Å². The number of carboxylic acids is 1. The van der Waals surface area contributed by atoms with Gasteiger partial charge in [-0.2, -0.15) is 9.97 Å². The highest BCUT2D eigenvalue weighted by Crippen LogP contribution is 2.26. The average Bonchev–Trinajstić information content (AvgIpc) is 2.95. The molecule has 0 bridgehead atoms. The number of nitrogens with zero attached hydrogens (tertiary/aromatic N) is 2. The number of carboxylic acid groups (broad SMARTS) is 1. The molecule has 24 heavy (non-hydrogen) atoms. The molecular formula is C17H18N4O3. The Morgan fingerprint density at radius 2 is 1.79 bits per heavy atom. The first-order valence-electron chi connectivity index (χ1n) is 7.66. The van der Waals surface area contributed by atoms with Crippen LogP contribution in [-0.2, 0) is 12.8 Å². The van der Waals surface area contributed by atoms with Gasteiger partial charge in [0.15, 0.2) is 0 Å². The topological polar surface area (TPSA) is 128 Å². The van der Waals surface area contributed by atoms with Crippen molar-refractivity contribution in [1.29, 1.82) is 0 Å². The number of anilines is 2. The fraction of sp³-hybridized carbons (Fsp3) is 0.235. The Balaban J connectivity index is 1.58. The highest BCUT2D eigenvalue weighted by atomic mass is 16.4. The van der Waals surface area contributed by atoms with E-state index in [1.165, 1.54) is 0 Å². The fourth-order valence-corrected chi connectivity index (χ4v) is 2.69.